The predicted molar refractivity (Wildman–Crippen MR) is 114 cm³/mol. The van der Waals surface area contributed by atoms with Crippen LogP contribution in [0.2, 0.25) is 0 Å². The average Bonchev–Trinajstić information content (AvgIpc) is 3.46. The van der Waals surface area contributed by atoms with Crippen LogP contribution in [-0.2, 0) is 0 Å². The third kappa shape index (κ3) is 3.75. The lowest BCUT2D eigenvalue weighted by molar-refractivity contribution is 0.167. The molecule has 0 spiro atoms. The summed E-state index contributed by atoms with van der Waals surface area (Å²) in [5.41, 5.74) is 2.79. The fourth-order valence-electron chi connectivity index (χ4n) is 4.78. The zero-order valence-corrected chi connectivity index (χ0v) is 16.9. The standard InChI is InChI=1S/C22H25FN6O2/c23-22-17-4-2-15(28-17)8-19(22)29(5-6-30)21-12-24-18(11-25-21)16-3-1-13(7-20(16)31)14-9-26-27-10-14/h1,3,7,9-12,15,17,19,22,28,30-31H,2,4-6,8H2,(H,26,27)/t15?,17?,19-,22+/m1/s1. The monoisotopic (exact) mass is 424 g/mol. The Morgan fingerprint density at radius 1 is 1.13 bits per heavy atom. The maximum Gasteiger partial charge on any atom is 0.147 e. The van der Waals surface area contributed by atoms with Crippen LogP contribution in [0, 0.1) is 0 Å². The number of nitrogens with zero attached hydrogens (tertiary/aromatic N) is 4. The third-order valence-corrected chi connectivity index (χ3v) is 6.33. The molecule has 0 aliphatic carbocycles. The Labute approximate surface area is 179 Å². The molecule has 2 unspecified atom stereocenters. The summed E-state index contributed by atoms with van der Waals surface area (Å²) in [5.74, 6) is 0.618. The highest BCUT2D eigenvalue weighted by molar-refractivity contribution is 5.73. The number of aromatic hydroxyl groups is 1. The molecule has 2 aliphatic rings. The molecule has 0 amide bonds. The molecule has 0 saturated carbocycles. The van der Waals surface area contributed by atoms with Gasteiger partial charge in [-0.25, -0.2) is 9.37 Å². The average molecular weight is 424 g/mol. The van der Waals surface area contributed by atoms with Crippen molar-refractivity contribution < 1.29 is 14.6 Å². The summed E-state index contributed by atoms with van der Waals surface area (Å²) < 4.78 is 15.1. The molecule has 2 aliphatic heterocycles. The van der Waals surface area contributed by atoms with Crippen molar-refractivity contribution in [3.8, 4) is 28.1 Å². The first-order valence-electron chi connectivity index (χ1n) is 10.6. The summed E-state index contributed by atoms with van der Waals surface area (Å²) in [6, 6.07) is 5.16. The van der Waals surface area contributed by atoms with Crippen molar-refractivity contribution in [2.75, 3.05) is 18.1 Å². The third-order valence-electron chi connectivity index (χ3n) is 6.33. The van der Waals surface area contributed by atoms with Crippen LogP contribution in [0.15, 0.2) is 43.0 Å². The molecule has 5 rings (SSSR count). The molecule has 2 saturated heterocycles. The number of aromatic nitrogens is 4. The number of aliphatic hydroxyl groups excluding tert-OH is 1. The van der Waals surface area contributed by atoms with E-state index in [9.17, 15) is 10.2 Å². The van der Waals surface area contributed by atoms with Gasteiger partial charge in [0.15, 0.2) is 0 Å². The number of rotatable bonds is 6. The van der Waals surface area contributed by atoms with Crippen LogP contribution in [-0.4, -0.2) is 67.8 Å². The van der Waals surface area contributed by atoms with E-state index in [1.807, 2.05) is 11.0 Å². The fraction of sp³-hybridized carbons (Fsp3) is 0.409. The van der Waals surface area contributed by atoms with Crippen LogP contribution < -0.4 is 10.2 Å². The Balaban J connectivity index is 1.39. The van der Waals surface area contributed by atoms with E-state index in [-0.39, 0.29) is 24.4 Å². The molecule has 2 fully saturated rings. The number of H-pyrrole nitrogens is 1. The molecule has 3 aromatic rings. The minimum Gasteiger partial charge on any atom is -0.507 e. The van der Waals surface area contributed by atoms with E-state index in [1.54, 1.807) is 36.9 Å². The summed E-state index contributed by atoms with van der Waals surface area (Å²) in [6.45, 7) is 0.203. The van der Waals surface area contributed by atoms with Gasteiger partial charge in [0, 0.05) is 36.0 Å². The summed E-state index contributed by atoms with van der Waals surface area (Å²) in [7, 11) is 0. The SMILES string of the molecule is OCCN(c1cnc(-c2ccc(-c3cn[nH]c3)cc2O)cn1)[C@@H]1CC2CCC(N2)[C@@H]1F. The highest BCUT2D eigenvalue weighted by atomic mass is 19.1. The molecule has 4 atom stereocenters. The van der Waals surface area contributed by atoms with Gasteiger partial charge in [-0.2, -0.15) is 5.10 Å². The first-order chi connectivity index (χ1) is 15.1. The molecule has 9 heteroatoms. The van der Waals surface area contributed by atoms with Gasteiger partial charge >= 0.3 is 0 Å². The van der Waals surface area contributed by atoms with Crippen LogP contribution in [0.4, 0.5) is 10.2 Å². The number of phenols is 1. The maximum atomic E-state index is 15.1. The molecule has 4 N–H and O–H groups in total. The number of hydrogen-bond acceptors (Lipinski definition) is 7. The quantitative estimate of drug-likeness (QED) is 0.480. The van der Waals surface area contributed by atoms with Crippen LogP contribution in [0.25, 0.3) is 22.4 Å². The molecule has 2 aromatic heterocycles. The smallest absolute Gasteiger partial charge is 0.147 e. The van der Waals surface area contributed by atoms with E-state index < -0.39 is 6.17 Å². The van der Waals surface area contributed by atoms with E-state index in [1.165, 1.54) is 0 Å². The molecule has 0 radical (unpaired) electrons. The van der Waals surface area contributed by atoms with E-state index in [4.69, 9.17) is 0 Å². The van der Waals surface area contributed by atoms with Gasteiger partial charge in [-0.1, -0.05) is 6.07 Å². The Morgan fingerprint density at radius 2 is 2.03 bits per heavy atom. The van der Waals surface area contributed by atoms with E-state index in [0.29, 0.717) is 36.1 Å². The number of aromatic amines is 1. The minimum absolute atomic E-state index is 0.0896. The van der Waals surface area contributed by atoms with Gasteiger partial charge in [-0.3, -0.25) is 10.1 Å². The zero-order chi connectivity index (χ0) is 21.4. The highest BCUT2D eigenvalue weighted by Crippen LogP contribution is 2.35. The number of piperidine rings is 1. The fourth-order valence-corrected chi connectivity index (χ4v) is 4.78. The molecular weight excluding hydrogens is 399 g/mol. The number of benzene rings is 1. The normalized spacial score (nSPS) is 25.0. The van der Waals surface area contributed by atoms with Crippen molar-refractivity contribution in [2.45, 2.75) is 43.6 Å². The minimum atomic E-state index is -1.02. The first-order valence-corrected chi connectivity index (χ1v) is 10.6. The van der Waals surface area contributed by atoms with Gasteiger partial charge in [0.2, 0.25) is 0 Å². The number of phenolic OH excluding ortho intramolecular Hbond substituents is 1. The molecule has 162 valence electrons. The summed E-state index contributed by atoms with van der Waals surface area (Å²) in [6.07, 6.45) is 8.08. The number of alkyl halides is 1. The molecular formula is C22H25FN6O2. The topological polar surface area (TPSA) is 110 Å². The van der Waals surface area contributed by atoms with Crippen molar-refractivity contribution in [1.82, 2.24) is 25.5 Å². The zero-order valence-electron chi connectivity index (χ0n) is 16.9. The molecule has 2 bridgehead atoms. The van der Waals surface area contributed by atoms with Crippen LogP contribution in [0.1, 0.15) is 19.3 Å². The van der Waals surface area contributed by atoms with Crippen molar-refractivity contribution >= 4 is 5.82 Å². The second kappa shape index (κ2) is 8.24. The number of hydrogen-bond donors (Lipinski definition) is 4. The molecule has 8 nitrogen and oxygen atoms in total. The second-order valence-corrected chi connectivity index (χ2v) is 8.19. The summed E-state index contributed by atoms with van der Waals surface area (Å²) >= 11 is 0. The lowest BCUT2D eigenvalue weighted by atomic mass is 9.96. The predicted octanol–water partition coefficient (Wildman–Crippen LogP) is 2.27. The Hall–Kier alpha value is -3.04. The van der Waals surface area contributed by atoms with Gasteiger partial charge in [-0.05, 0) is 37.0 Å². The largest absolute Gasteiger partial charge is 0.507 e. The Kier molecular flexibility index (Phi) is 5.29. The lowest BCUT2D eigenvalue weighted by Gasteiger charge is -2.40. The molecule has 1 aromatic carbocycles. The van der Waals surface area contributed by atoms with E-state index >= 15 is 4.39 Å². The highest BCUT2D eigenvalue weighted by Gasteiger charge is 2.44. The Morgan fingerprint density at radius 3 is 2.74 bits per heavy atom. The molecule has 31 heavy (non-hydrogen) atoms. The number of nitrogens with one attached hydrogen (secondary N) is 2. The summed E-state index contributed by atoms with van der Waals surface area (Å²) in [4.78, 5) is 10.8. The van der Waals surface area contributed by atoms with Crippen LogP contribution in [0.3, 0.4) is 0 Å². The van der Waals surface area contributed by atoms with Crippen molar-refractivity contribution in [1.29, 1.82) is 0 Å². The van der Waals surface area contributed by atoms with E-state index in [2.05, 4.69) is 25.5 Å². The molecule has 4 heterocycles. The van der Waals surface area contributed by atoms with Crippen molar-refractivity contribution in [3.63, 3.8) is 0 Å². The van der Waals surface area contributed by atoms with Gasteiger partial charge in [0.05, 0.1) is 36.9 Å². The van der Waals surface area contributed by atoms with Crippen LogP contribution >= 0.6 is 0 Å². The van der Waals surface area contributed by atoms with Crippen LogP contribution in [0.5, 0.6) is 5.75 Å². The van der Waals surface area contributed by atoms with Crippen molar-refractivity contribution in [2.24, 2.45) is 0 Å². The first kappa shape index (κ1) is 19.9. The number of fused-ring (bicyclic) bond motifs is 2. The maximum absolute atomic E-state index is 15.1. The van der Waals surface area contributed by atoms with Crippen molar-refractivity contribution in [3.05, 3.63) is 43.0 Å². The van der Waals surface area contributed by atoms with Gasteiger partial charge in [0.25, 0.3) is 0 Å². The van der Waals surface area contributed by atoms with Gasteiger partial charge < -0.3 is 20.4 Å². The van der Waals surface area contributed by atoms with Gasteiger partial charge in [0.1, 0.15) is 17.7 Å². The number of aliphatic hydroxyl groups is 1. The number of halogens is 1. The summed E-state index contributed by atoms with van der Waals surface area (Å²) in [5, 5.41) is 30.1. The lowest BCUT2D eigenvalue weighted by Crippen LogP contribution is -2.57. The van der Waals surface area contributed by atoms with E-state index in [0.717, 1.165) is 24.0 Å². The number of anilines is 1. The van der Waals surface area contributed by atoms with Gasteiger partial charge in [-0.15, -0.1) is 0 Å². The second-order valence-electron chi connectivity index (χ2n) is 8.19. The Bertz CT molecular complexity index is 1030.